The number of amides is 1. The SMILES string of the molecule is CCCC(=O)N1CCCC(c2nc3c(nnn3Cc3ccc(C(C)(C)C)cc3)c(=O)[nH]2)C1. The Balaban J connectivity index is 1.60. The van der Waals surface area contributed by atoms with Crippen molar-refractivity contribution in [1.29, 1.82) is 0 Å². The van der Waals surface area contributed by atoms with Crippen LogP contribution in [0.2, 0.25) is 0 Å². The molecule has 0 spiro atoms. The van der Waals surface area contributed by atoms with E-state index in [0.717, 1.165) is 31.4 Å². The number of nitrogens with one attached hydrogen (secondary N) is 1. The van der Waals surface area contributed by atoms with Crippen molar-refractivity contribution < 1.29 is 4.79 Å². The summed E-state index contributed by atoms with van der Waals surface area (Å²) in [7, 11) is 0. The van der Waals surface area contributed by atoms with Gasteiger partial charge in [-0.25, -0.2) is 9.67 Å². The van der Waals surface area contributed by atoms with Crippen LogP contribution in [-0.4, -0.2) is 48.9 Å². The number of hydrogen-bond acceptors (Lipinski definition) is 5. The fraction of sp³-hybridized carbons (Fsp3) is 0.542. The van der Waals surface area contributed by atoms with Gasteiger partial charge in [-0.1, -0.05) is 57.2 Å². The summed E-state index contributed by atoms with van der Waals surface area (Å²) in [6, 6.07) is 8.43. The number of hydrogen-bond donors (Lipinski definition) is 1. The van der Waals surface area contributed by atoms with Crippen LogP contribution in [0.25, 0.3) is 11.2 Å². The summed E-state index contributed by atoms with van der Waals surface area (Å²) in [5.41, 5.74) is 2.88. The fourth-order valence-electron chi connectivity index (χ4n) is 4.27. The van der Waals surface area contributed by atoms with E-state index in [4.69, 9.17) is 4.98 Å². The van der Waals surface area contributed by atoms with Gasteiger partial charge < -0.3 is 9.88 Å². The van der Waals surface area contributed by atoms with Crippen LogP contribution in [0.1, 0.15) is 76.2 Å². The van der Waals surface area contributed by atoms with Gasteiger partial charge in [0.05, 0.1) is 6.54 Å². The number of carbonyl (C=O) groups is 1. The topological polar surface area (TPSA) is 96.8 Å². The van der Waals surface area contributed by atoms with Gasteiger partial charge in [0, 0.05) is 25.4 Å². The lowest BCUT2D eigenvalue weighted by Crippen LogP contribution is -2.39. The van der Waals surface area contributed by atoms with Crippen LogP contribution >= 0.6 is 0 Å². The van der Waals surface area contributed by atoms with Crippen molar-refractivity contribution in [2.75, 3.05) is 13.1 Å². The highest BCUT2D eigenvalue weighted by Gasteiger charge is 2.27. The monoisotopic (exact) mass is 436 g/mol. The highest BCUT2D eigenvalue weighted by atomic mass is 16.2. The molecule has 1 N–H and O–H groups in total. The molecule has 1 aliphatic heterocycles. The number of aromatic amines is 1. The Labute approximate surface area is 188 Å². The van der Waals surface area contributed by atoms with Crippen LogP contribution in [0.4, 0.5) is 0 Å². The van der Waals surface area contributed by atoms with Crippen LogP contribution in [0.3, 0.4) is 0 Å². The smallest absolute Gasteiger partial charge is 0.281 e. The summed E-state index contributed by atoms with van der Waals surface area (Å²) < 4.78 is 1.68. The van der Waals surface area contributed by atoms with E-state index in [2.05, 4.69) is 60.3 Å². The van der Waals surface area contributed by atoms with Gasteiger partial charge in [0.25, 0.3) is 5.56 Å². The van der Waals surface area contributed by atoms with Gasteiger partial charge in [0.15, 0.2) is 11.2 Å². The molecule has 1 fully saturated rings. The molecular weight excluding hydrogens is 404 g/mol. The summed E-state index contributed by atoms with van der Waals surface area (Å²) in [6.45, 7) is 10.4. The number of aromatic nitrogens is 5. The van der Waals surface area contributed by atoms with E-state index in [1.807, 2.05) is 11.8 Å². The van der Waals surface area contributed by atoms with Crippen LogP contribution < -0.4 is 5.56 Å². The molecule has 0 saturated carbocycles. The number of nitrogens with zero attached hydrogens (tertiary/aromatic N) is 5. The fourth-order valence-corrected chi connectivity index (χ4v) is 4.27. The average Bonchev–Trinajstić information content (AvgIpc) is 3.17. The van der Waals surface area contributed by atoms with Crippen LogP contribution in [0.5, 0.6) is 0 Å². The van der Waals surface area contributed by atoms with Crippen molar-refractivity contribution in [1.82, 2.24) is 29.9 Å². The Morgan fingerprint density at radius 3 is 2.66 bits per heavy atom. The Kier molecular flexibility index (Phi) is 6.13. The van der Waals surface area contributed by atoms with Gasteiger partial charge in [-0.2, -0.15) is 0 Å². The minimum atomic E-state index is -0.281. The molecule has 4 rings (SSSR count). The highest BCUT2D eigenvalue weighted by molar-refractivity contribution is 5.76. The molecule has 8 heteroatoms. The first kappa shape index (κ1) is 22.2. The Bertz CT molecular complexity index is 1160. The number of likely N-dealkylation sites (tertiary alicyclic amines) is 1. The van der Waals surface area contributed by atoms with Crippen molar-refractivity contribution in [2.45, 2.75) is 71.3 Å². The van der Waals surface area contributed by atoms with Gasteiger partial charge in [-0.05, 0) is 35.8 Å². The van der Waals surface area contributed by atoms with Crippen LogP contribution in [0, 0.1) is 0 Å². The summed E-state index contributed by atoms with van der Waals surface area (Å²) in [5, 5.41) is 8.26. The van der Waals surface area contributed by atoms with Gasteiger partial charge in [-0.3, -0.25) is 9.59 Å². The number of carbonyl (C=O) groups excluding carboxylic acids is 1. The quantitative estimate of drug-likeness (QED) is 0.661. The molecule has 1 saturated heterocycles. The maximum absolute atomic E-state index is 12.7. The first-order valence-electron chi connectivity index (χ1n) is 11.5. The molecular formula is C24H32N6O2. The average molecular weight is 437 g/mol. The summed E-state index contributed by atoms with van der Waals surface area (Å²) in [5.74, 6) is 0.797. The minimum Gasteiger partial charge on any atom is -0.342 e. The van der Waals surface area contributed by atoms with Crippen LogP contribution in [0.15, 0.2) is 29.1 Å². The largest absolute Gasteiger partial charge is 0.342 e. The third kappa shape index (κ3) is 4.59. The number of H-pyrrole nitrogens is 1. The molecule has 3 heterocycles. The Morgan fingerprint density at radius 2 is 1.97 bits per heavy atom. The van der Waals surface area contributed by atoms with E-state index in [0.29, 0.717) is 31.0 Å². The third-order valence-electron chi connectivity index (χ3n) is 6.17. The van der Waals surface area contributed by atoms with E-state index in [9.17, 15) is 9.59 Å². The van der Waals surface area contributed by atoms with Gasteiger partial charge >= 0.3 is 0 Å². The van der Waals surface area contributed by atoms with Crippen molar-refractivity contribution in [2.24, 2.45) is 0 Å². The number of fused-ring (bicyclic) bond motifs is 1. The number of benzene rings is 1. The zero-order valence-corrected chi connectivity index (χ0v) is 19.4. The molecule has 1 amide bonds. The van der Waals surface area contributed by atoms with Crippen LogP contribution in [-0.2, 0) is 16.8 Å². The molecule has 2 aromatic heterocycles. The summed E-state index contributed by atoms with van der Waals surface area (Å²) >= 11 is 0. The lowest BCUT2D eigenvalue weighted by atomic mass is 9.87. The standard InChI is InChI=1S/C24H32N6O2/c1-5-7-19(31)29-13-6-8-17(15-29)21-25-22-20(23(32)26-21)27-28-30(22)14-16-9-11-18(12-10-16)24(2,3)4/h9-12,17H,5-8,13-15H2,1-4H3,(H,25,26,32). The highest BCUT2D eigenvalue weighted by Crippen LogP contribution is 2.26. The summed E-state index contributed by atoms with van der Waals surface area (Å²) in [4.78, 5) is 34.6. The maximum atomic E-state index is 12.7. The van der Waals surface area contributed by atoms with Gasteiger partial charge in [0.1, 0.15) is 5.82 Å². The second-order valence-corrected chi connectivity index (χ2v) is 9.75. The molecule has 1 aromatic carbocycles. The summed E-state index contributed by atoms with van der Waals surface area (Å²) in [6.07, 6.45) is 3.18. The van der Waals surface area contributed by atoms with E-state index in [1.54, 1.807) is 4.68 Å². The second kappa shape index (κ2) is 8.84. The molecule has 1 unspecified atom stereocenters. The van der Waals surface area contributed by atoms with E-state index in [1.165, 1.54) is 5.56 Å². The molecule has 0 aliphatic carbocycles. The molecule has 1 atom stereocenters. The predicted molar refractivity (Wildman–Crippen MR) is 124 cm³/mol. The molecule has 8 nitrogen and oxygen atoms in total. The third-order valence-corrected chi connectivity index (χ3v) is 6.17. The molecule has 0 bridgehead atoms. The van der Waals surface area contributed by atoms with Crippen molar-refractivity contribution in [3.63, 3.8) is 0 Å². The first-order valence-corrected chi connectivity index (χ1v) is 11.5. The van der Waals surface area contributed by atoms with E-state index in [-0.39, 0.29) is 28.3 Å². The molecule has 3 aromatic rings. The lowest BCUT2D eigenvalue weighted by Gasteiger charge is -2.32. The number of piperidine rings is 1. The predicted octanol–water partition coefficient (Wildman–Crippen LogP) is 3.37. The molecule has 32 heavy (non-hydrogen) atoms. The van der Waals surface area contributed by atoms with Crippen molar-refractivity contribution >= 4 is 17.1 Å². The minimum absolute atomic E-state index is 0.0103. The molecule has 1 aliphatic rings. The lowest BCUT2D eigenvalue weighted by molar-refractivity contribution is -0.132. The normalized spacial score (nSPS) is 17.1. The van der Waals surface area contributed by atoms with E-state index < -0.39 is 0 Å². The van der Waals surface area contributed by atoms with E-state index >= 15 is 0 Å². The molecule has 0 radical (unpaired) electrons. The zero-order chi connectivity index (χ0) is 22.9. The molecule has 170 valence electrons. The Hall–Kier alpha value is -3.03. The second-order valence-electron chi connectivity index (χ2n) is 9.75. The van der Waals surface area contributed by atoms with Crippen molar-refractivity contribution in [3.8, 4) is 0 Å². The first-order chi connectivity index (χ1) is 15.3. The Morgan fingerprint density at radius 1 is 1.22 bits per heavy atom. The zero-order valence-electron chi connectivity index (χ0n) is 19.4. The maximum Gasteiger partial charge on any atom is 0.281 e. The van der Waals surface area contributed by atoms with Crippen molar-refractivity contribution in [3.05, 3.63) is 51.6 Å². The van der Waals surface area contributed by atoms with Gasteiger partial charge in [0.2, 0.25) is 5.91 Å². The number of rotatable bonds is 5. The van der Waals surface area contributed by atoms with Gasteiger partial charge in [-0.15, -0.1) is 5.10 Å².